The number of phenolic OH excluding ortho intramolecular Hbond substituents is 1. The number of hydrazone groups is 1. The predicted octanol–water partition coefficient (Wildman–Crippen LogP) is 5.12. The summed E-state index contributed by atoms with van der Waals surface area (Å²) in [5.41, 5.74) is 6.16. The van der Waals surface area contributed by atoms with Crippen LogP contribution in [0.15, 0.2) is 101 Å². The molecule has 0 amide bonds. The van der Waals surface area contributed by atoms with Crippen LogP contribution in [0.1, 0.15) is 11.4 Å². The van der Waals surface area contributed by atoms with E-state index in [1.54, 1.807) is 12.3 Å². The number of phenols is 1. The zero-order valence-corrected chi connectivity index (χ0v) is 16.5. The summed E-state index contributed by atoms with van der Waals surface area (Å²) in [4.78, 5) is 12.6. The summed E-state index contributed by atoms with van der Waals surface area (Å²) in [7, 11) is 0. The second-order valence-corrected chi connectivity index (χ2v) is 6.99. The van der Waals surface area contributed by atoms with Crippen LogP contribution < -0.4 is 5.43 Å². The molecule has 31 heavy (non-hydrogen) atoms. The number of hydrogen-bond donors (Lipinski definition) is 3. The molecule has 0 saturated carbocycles. The molecule has 6 nitrogen and oxygen atoms in total. The van der Waals surface area contributed by atoms with E-state index in [1.807, 2.05) is 84.9 Å². The molecular weight excluding hydrogens is 386 g/mol. The van der Waals surface area contributed by atoms with Crippen LogP contribution in [0.2, 0.25) is 0 Å². The number of aromatic nitrogens is 2. The molecule has 4 aromatic carbocycles. The van der Waals surface area contributed by atoms with Crippen molar-refractivity contribution in [3.8, 4) is 5.75 Å². The normalized spacial score (nSPS) is 12.1. The molecule has 0 fully saturated rings. The summed E-state index contributed by atoms with van der Waals surface area (Å²) in [6.45, 7) is 0. The fourth-order valence-corrected chi connectivity index (χ4v) is 3.41. The van der Waals surface area contributed by atoms with Crippen LogP contribution in [0.5, 0.6) is 5.75 Å². The van der Waals surface area contributed by atoms with Crippen molar-refractivity contribution in [1.82, 2.24) is 15.4 Å². The Morgan fingerprint density at radius 2 is 1.65 bits per heavy atom. The van der Waals surface area contributed by atoms with Crippen molar-refractivity contribution in [2.75, 3.05) is 0 Å². The van der Waals surface area contributed by atoms with E-state index >= 15 is 0 Å². The van der Waals surface area contributed by atoms with Crippen molar-refractivity contribution in [1.29, 1.82) is 0 Å². The monoisotopic (exact) mass is 405 g/mol. The van der Waals surface area contributed by atoms with Gasteiger partial charge >= 0.3 is 0 Å². The lowest BCUT2D eigenvalue weighted by molar-refractivity contribution is 0.475. The molecular formula is C25H19N5O. The maximum absolute atomic E-state index is 10.4. The lowest BCUT2D eigenvalue weighted by atomic mass is 10.0. The lowest BCUT2D eigenvalue weighted by Crippen LogP contribution is -2.20. The highest BCUT2D eigenvalue weighted by Crippen LogP contribution is 2.25. The molecule has 0 aliphatic carbocycles. The third kappa shape index (κ3) is 3.86. The van der Waals surface area contributed by atoms with Gasteiger partial charge in [-0.15, -0.1) is 0 Å². The maximum atomic E-state index is 10.4. The number of amidine groups is 1. The molecule has 3 N–H and O–H groups in total. The molecule has 150 valence electrons. The van der Waals surface area contributed by atoms with Crippen LogP contribution in [0, 0.1) is 0 Å². The fourth-order valence-electron chi connectivity index (χ4n) is 3.41. The number of para-hydroxylation sites is 3. The van der Waals surface area contributed by atoms with Crippen molar-refractivity contribution in [2.24, 2.45) is 10.1 Å². The minimum Gasteiger partial charge on any atom is -0.507 e. The number of imidazole rings is 1. The molecule has 0 bridgehead atoms. The van der Waals surface area contributed by atoms with Gasteiger partial charge in [0.2, 0.25) is 0 Å². The fraction of sp³-hybridized carbons (Fsp3) is 0. The molecule has 1 heterocycles. The van der Waals surface area contributed by atoms with Crippen molar-refractivity contribution in [2.45, 2.75) is 0 Å². The van der Waals surface area contributed by atoms with Crippen molar-refractivity contribution in [3.05, 3.63) is 102 Å². The lowest BCUT2D eigenvalue weighted by Gasteiger charge is -2.06. The highest BCUT2D eigenvalue weighted by atomic mass is 16.3. The molecule has 0 radical (unpaired) electrons. The van der Waals surface area contributed by atoms with Gasteiger partial charge in [0.05, 0.1) is 22.9 Å². The van der Waals surface area contributed by atoms with E-state index in [0.29, 0.717) is 17.2 Å². The quantitative estimate of drug-likeness (QED) is 0.220. The number of rotatable bonds is 4. The first-order chi connectivity index (χ1) is 15.3. The summed E-state index contributed by atoms with van der Waals surface area (Å²) < 4.78 is 0. The first-order valence-electron chi connectivity index (χ1n) is 9.86. The number of nitrogens with one attached hydrogen (secondary N) is 2. The van der Waals surface area contributed by atoms with Crippen LogP contribution in [-0.2, 0) is 0 Å². The molecule has 0 unspecified atom stereocenters. The zero-order valence-electron chi connectivity index (χ0n) is 16.5. The zero-order chi connectivity index (χ0) is 21.0. The Morgan fingerprint density at radius 3 is 2.52 bits per heavy atom. The largest absolute Gasteiger partial charge is 0.507 e. The summed E-state index contributed by atoms with van der Waals surface area (Å²) >= 11 is 0. The molecule has 5 rings (SSSR count). The van der Waals surface area contributed by atoms with Crippen LogP contribution in [0.25, 0.3) is 21.8 Å². The Kier molecular flexibility index (Phi) is 4.86. The van der Waals surface area contributed by atoms with Gasteiger partial charge < -0.3 is 10.1 Å². The molecule has 0 atom stereocenters. The average molecular weight is 405 g/mol. The molecule has 0 aliphatic heterocycles. The van der Waals surface area contributed by atoms with Gasteiger partial charge in [0.1, 0.15) is 5.75 Å². The van der Waals surface area contributed by atoms with Crippen molar-refractivity contribution in [3.63, 3.8) is 0 Å². The highest BCUT2D eigenvalue weighted by molar-refractivity contribution is 6.04. The Balaban J connectivity index is 1.52. The number of H-pyrrole nitrogens is 1. The molecule has 0 aliphatic rings. The topological polar surface area (TPSA) is 85.7 Å². The minimum atomic E-state index is 0.162. The Labute approximate surface area is 178 Å². The number of aliphatic imine (C=N–C) groups is 1. The van der Waals surface area contributed by atoms with E-state index in [4.69, 9.17) is 0 Å². The maximum Gasteiger partial charge on any atom is 0.190 e. The summed E-state index contributed by atoms with van der Waals surface area (Å²) in [5.74, 6) is 1.21. The van der Waals surface area contributed by atoms with Gasteiger partial charge in [0.25, 0.3) is 0 Å². The van der Waals surface area contributed by atoms with Crippen LogP contribution in [-0.4, -0.2) is 27.1 Å². The van der Waals surface area contributed by atoms with Gasteiger partial charge in [-0.2, -0.15) is 5.10 Å². The van der Waals surface area contributed by atoms with Crippen molar-refractivity contribution < 1.29 is 5.11 Å². The van der Waals surface area contributed by atoms with E-state index in [0.717, 1.165) is 27.5 Å². The molecule has 5 aromatic rings. The number of benzene rings is 4. The molecule has 0 saturated heterocycles. The van der Waals surface area contributed by atoms with E-state index < -0.39 is 0 Å². The minimum absolute atomic E-state index is 0.162. The van der Waals surface area contributed by atoms with Gasteiger partial charge in [-0.1, -0.05) is 60.7 Å². The predicted molar refractivity (Wildman–Crippen MR) is 125 cm³/mol. The van der Waals surface area contributed by atoms with Gasteiger partial charge in [0.15, 0.2) is 11.7 Å². The van der Waals surface area contributed by atoms with E-state index in [-0.39, 0.29) is 5.75 Å². The number of nitrogens with zero attached hydrogens (tertiary/aromatic N) is 3. The average Bonchev–Trinajstić information content (AvgIpc) is 3.25. The number of aromatic amines is 1. The SMILES string of the molecule is Oc1ccc2ccccc2c1C=NNC(=Nc1ccccc1)c1nc2ccccc2[nH]1. The van der Waals surface area contributed by atoms with Crippen LogP contribution in [0.4, 0.5) is 5.69 Å². The van der Waals surface area contributed by atoms with Gasteiger partial charge in [0, 0.05) is 5.56 Å². The summed E-state index contributed by atoms with van der Waals surface area (Å²) in [6.07, 6.45) is 1.60. The Bertz CT molecular complexity index is 1390. The van der Waals surface area contributed by atoms with E-state index in [2.05, 4.69) is 25.5 Å². The van der Waals surface area contributed by atoms with E-state index in [9.17, 15) is 5.11 Å². The molecule has 6 heteroatoms. The van der Waals surface area contributed by atoms with E-state index in [1.165, 1.54) is 0 Å². The highest BCUT2D eigenvalue weighted by Gasteiger charge is 2.10. The number of hydrogen-bond acceptors (Lipinski definition) is 4. The molecule has 1 aromatic heterocycles. The second kappa shape index (κ2) is 8.12. The number of aromatic hydroxyl groups is 1. The Hall–Kier alpha value is -4.45. The van der Waals surface area contributed by atoms with Gasteiger partial charge in [-0.3, -0.25) is 5.43 Å². The standard InChI is InChI=1S/C25H19N5O/c31-23-15-14-17-8-4-5-11-19(17)20(23)16-26-30-25(27-18-9-2-1-3-10-18)24-28-21-12-6-7-13-22(21)29-24/h1-16,31H,(H,27,30)(H,28,29). The molecule has 0 spiro atoms. The third-order valence-electron chi connectivity index (χ3n) is 4.92. The summed E-state index contributed by atoms with van der Waals surface area (Å²) in [6, 6.07) is 28.8. The first-order valence-corrected chi connectivity index (χ1v) is 9.86. The van der Waals surface area contributed by atoms with Crippen molar-refractivity contribution >= 4 is 39.5 Å². The van der Waals surface area contributed by atoms with Crippen LogP contribution in [0.3, 0.4) is 0 Å². The summed E-state index contributed by atoms with van der Waals surface area (Å²) in [5, 5.41) is 16.7. The first kappa shape index (κ1) is 18.6. The van der Waals surface area contributed by atoms with Gasteiger partial charge in [-0.25, -0.2) is 9.98 Å². The third-order valence-corrected chi connectivity index (χ3v) is 4.92. The van der Waals surface area contributed by atoms with Crippen LogP contribution >= 0.6 is 0 Å². The smallest absolute Gasteiger partial charge is 0.190 e. The number of fused-ring (bicyclic) bond motifs is 2. The Morgan fingerprint density at radius 1 is 0.871 bits per heavy atom. The second-order valence-electron chi connectivity index (χ2n) is 6.99. The van der Waals surface area contributed by atoms with Gasteiger partial charge in [-0.05, 0) is 41.1 Å².